The maximum atomic E-state index is 11.5. The van der Waals surface area contributed by atoms with Crippen LogP contribution in [0.3, 0.4) is 0 Å². The van der Waals surface area contributed by atoms with E-state index in [0.717, 1.165) is 0 Å². The van der Waals surface area contributed by atoms with Crippen LogP contribution < -0.4 is 10.6 Å². The Morgan fingerprint density at radius 3 is 2.76 bits per heavy atom. The molecule has 0 aliphatic carbocycles. The molecule has 0 radical (unpaired) electrons. The minimum Gasteiger partial charge on any atom is -0.379 e. The van der Waals surface area contributed by atoms with Gasteiger partial charge in [0.2, 0.25) is 5.91 Å². The largest absolute Gasteiger partial charge is 0.379 e. The second kappa shape index (κ2) is 7.85. The van der Waals surface area contributed by atoms with Crippen molar-refractivity contribution in [1.82, 2.24) is 5.32 Å². The molecule has 0 spiro atoms. The molecule has 0 atom stereocenters. The summed E-state index contributed by atoms with van der Waals surface area (Å²) in [5, 5.41) is 25.3. The Hall–Kier alpha value is -2.62. The molecule has 0 saturated carbocycles. The molecule has 1 aromatic rings. The summed E-state index contributed by atoms with van der Waals surface area (Å²) >= 11 is 0. The first-order chi connectivity index (χ1) is 9.93. The molecular formula is C14H18N4O3. The second-order valence-electron chi connectivity index (χ2n) is 4.98. The Morgan fingerprint density at radius 1 is 1.48 bits per heavy atom. The Labute approximate surface area is 123 Å². The Kier molecular flexibility index (Phi) is 6.14. The van der Waals surface area contributed by atoms with E-state index in [1.807, 2.05) is 19.9 Å². The molecule has 0 aliphatic rings. The van der Waals surface area contributed by atoms with Crippen LogP contribution in [0, 0.1) is 27.4 Å². The predicted molar refractivity (Wildman–Crippen MR) is 78.8 cm³/mol. The average Bonchev–Trinajstić information content (AvgIpc) is 2.45. The summed E-state index contributed by atoms with van der Waals surface area (Å²) < 4.78 is 0. The smallest absolute Gasteiger partial charge is 0.293 e. The van der Waals surface area contributed by atoms with Crippen molar-refractivity contribution in [3.05, 3.63) is 33.9 Å². The van der Waals surface area contributed by atoms with Crippen LogP contribution in [-0.2, 0) is 4.79 Å². The maximum absolute atomic E-state index is 11.5. The first-order valence-electron chi connectivity index (χ1n) is 6.63. The molecular weight excluding hydrogens is 272 g/mol. The van der Waals surface area contributed by atoms with Crippen molar-refractivity contribution in [3.8, 4) is 6.07 Å². The van der Waals surface area contributed by atoms with Gasteiger partial charge in [0, 0.05) is 25.6 Å². The lowest BCUT2D eigenvalue weighted by Crippen LogP contribution is -2.28. The average molecular weight is 290 g/mol. The van der Waals surface area contributed by atoms with Crippen molar-refractivity contribution in [2.75, 3.05) is 18.4 Å². The zero-order valence-corrected chi connectivity index (χ0v) is 12.0. The first-order valence-corrected chi connectivity index (χ1v) is 6.63. The number of hydrogen-bond donors (Lipinski definition) is 2. The number of nitro groups is 1. The van der Waals surface area contributed by atoms with E-state index in [2.05, 4.69) is 10.6 Å². The van der Waals surface area contributed by atoms with Gasteiger partial charge in [-0.05, 0) is 18.1 Å². The normalized spacial score (nSPS) is 10.0. The molecule has 1 aromatic carbocycles. The van der Waals surface area contributed by atoms with Crippen LogP contribution in [0.5, 0.6) is 0 Å². The van der Waals surface area contributed by atoms with Gasteiger partial charge in [-0.15, -0.1) is 0 Å². The van der Waals surface area contributed by atoms with E-state index in [9.17, 15) is 14.9 Å². The molecule has 0 saturated heterocycles. The second-order valence-corrected chi connectivity index (χ2v) is 4.98. The number of hydrogen-bond acceptors (Lipinski definition) is 5. The zero-order chi connectivity index (χ0) is 15.8. The van der Waals surface area contributed by atoms with Crippen molar-refractivity contribution < 1.29 is 9.72 Å². The Balaban J connectivity index is 2.58. The minimum absolute atomic E-state index is 0.104. The van der Waals surface area contributed by atoms with Gasteiger partial charge in [-0.3, -0.25) is 14.9 Å². The van der Waals surface area contributed by atoms with Crippen LogP contribution >= 0.6 is 0 Å². The number of nitro benzene ring substituents is 1. The summed E-state index contributed by atoms with van der Waals surface area (Å²) in [6, 6.07) is 6.03. The lowest BCUT2D eigenvalue weighted by molar-refractivity contribution is -0.384. The van der Waals surface area contributed by atoms with Crippen LogP contribution in [-0.4, -0.2) is 23.9 Å². The number of nitrogens with one attached hydrogen (secondary N) is 2. The van der Waals surface area contributed by atoms with Crippen molar-refractivity contribution >= 4 is 17.3 Å². The number of nitrogens with zero attached hydrogens (tertiary/aromatic N) is 2. The van der Waals surface area contributed by atoms with Gasteiger partial charge < -0.3 is 10.6 Å². The molecule has 1 amide bonds. The van der Waals surface area contributed by atoms with Crippen molar-refractivity contribution in [3.63, 3.8) is 0 Å². The summed E-state index contributed by atoms with van der Waals surface area (Å²) in [6.07, 6.45) is 0.226. The van der Waals surface area contributed by atoms with Crippen LogP contribution in [0.2, 0.25) is 0 Å². The van der Waals surface area contributed by atoms with Gasteiger partial charge in [0.1, 0.15) is 5.69 Å². The van der Waals surface area contributed by atoms with E-state index < -0.39 is 4.92 Å². The van der Waals surface area contributed by atoms with Gasteiger partial charge in [-0.2, -0.15) is 5.26 Å². The molecule has 21 heavy (non-hydrogen) atoms. The highest BCUT2D eigenvalue weighted by Gasteiger charge is 2.14. The molecule has 0 unspecified atom stereocenters. The Morgan fingerprint density at radius 2 is 2.19 bits per heavy atom. The van der Waals surface area contributed by atoms with Crippen molar-refractivity contribution in [1.29, 1.82) is 5.26 Å². The number of carbonyl (C=O) groups excluding carboxylic acids is 1. The highest BCUT2D eigenvalue weighted by Crippen LogP contribution is 2.25. The molecule has 0 aliphatic heterocycles. The lowest BCUT2D eigenvalue weighted by atomic mass is 10.2. The van der Waals surface area contributed by atoms with Crippen LogP contribution in [0.1, 0.15) is 25.8 Å². The molecule has 1 rings (SSSR count). The van der Waals surface area contributed by atoms with Gasteiger partial charge in [-0.25, -0.2) is 0 Å². The third-order valence-electron chi connectivity index (χ3n) is 2.70. The van der Waals surface area contributed by atoms with Gasteiger partial charge in [0.15, 0.2) is 0 Å². The van der Waals surface area contributed by atoms with E-state index in [1.165, 1.54) is 18.2 Å². The molecule has 112 valence electrons. The van der Waals surface area contributed by atoms with E-state index >= 15 is 0 Å². The molecule has 0 heterocycles. The van der Waals surface area contributed by atoms with Gasteiger partial charge in [-0.1, -0.05) is 13.8 Å². The fourth-order valence-corrected chi connectivity index (χ4v) is 1.62. The Bertz CT molecular complexity index is 564. The third kappa shape index (κ3) is 5.48. The van der Waals surface area contributed by atoms with Gasteiger partial charge in [0.25, 0.3) is 5.69 Å². The minimum atomic E-state index is -0.554. The van der Waals surface area contributed by atoms with E-state index in [4.69, 9.17) is 5.26 Å². The number of rotatable bonds is 7. The van der Waals surface area contributed by atoms with Crippen molar-refractivity contribution in [2.45, 2.75) is 20.3 Å². The monoisotopic (exact) mass is 290 g/mol. The quantitative estimate of drug-likeness (QED) is 0.590. The summed E-state index contributed by atoms with van der Waals surface area (Å²) in [5.74, 6) is 0.272. The number of carbonyl (C=O) groups is 1. The first kappa shape index (κ1) is 16.4. The molecule has 7 nitrogen and oxygen atoms in total. The van der Waals surface area contributed by atoms with E-state index in [0.29, 0.717) is 18.2 Å². The van der Waals surface area contributed by atoms with Crippen molar-refractivity contribution in [2.24, 2.45) is 5.92 Å². The predicted octanol–water partition coefficient (Wildman–Crippen LogP) is 2.04. The zero-order valence-electron chi connectivity index (χ0n) is 12.0. The summed E-state index contributed by atoms with van der Waals surface area (Å²) in [7, 11) is 0. The standard InChI is InChI=1S/C14H18N4O3/c1-10(2)9-17-14(19)5-6-16-12-4-3-11(8-15)7-13(12)18(20)21/h3-4,7,10,16H,5-6,9H2,1-2H3,(H,17,19). The van der Waals surface area contributed by atoms with Gasteiger partial charge in [0.05, 0.1) is 16.6 Å². The molecule has 2 N–H and O–H groups in total. The molecule has 0 aromatic heterocycles. The number of nitriles is 1. The number of anilines is 1. The third-order valence-corrected chi connectivity index (χ3v) is 2.70. The van der Waals surface area contributed by atoms with Crippen LogP contribution in [0.15, 0.2) is 18.2 Å². The highest BCUT2D eigenvalue weighted by atomic mass is 16.6. The van der Waals surface area contributed by atoms with Gasteiger partial charge >= 0.3 is 0 Å². The molecule has 0 bridgehead atoms. The van der Waals surface area contributed by atoms with Crippen LogP contribution in [0.4, 0.5) is 11.4 Å². The lowest BCUT2D eigenvalue weighted by Gasteiger charge is -2.09. The number of amides is 1. The summed E-state index contributed by atoms with van der Waals surface area (Å²) in [6.45, 7) is 4.89. The molecule has 0 fully saturated rings. The highest BCUT2D eigenvalue weighted by molar-refractivity contribution is 5.76. The summed E-state index contributed by atoms with van der Waals surface area (Å²) in [5.41, 5.74) is 0.356. The topological polar surface area (TPSA) is 108 Å². The fourth-order valence-electron chi connectivity index (χ4n) is 1.62. The molecule has 7 heteroatoms. The summed E-state index contributed by atoms with van der Waals surface area (Å²) in [4.78, 5) is 21.9. The van der Waals surface area contributed by atoms with E-state index in [1.54, 1.807) is 0 Å². The fraction of sp³-hybridized carbons (Fsp3) is 0.429. The van der Waals surface area contributed by atoms with E-state index in [-0.39, 0.29) is 30.1 Å². The van der Waals surface area contributed by atoms with Crippen LogP contribution in [0.25, 0.3) is 0 Å². The maximum Gasteiger partial charge on any atom is 0.293 e. The number of benzene rings is 1. The SMILES string of the molecule is CC(C)CNC(=O)CCNc1ccc(C#N)cc1[N+](=O)[O-].